The van der Waals surface area contributed by atoms with E-state index in [2.05, 4.69) is 28.8 Å². The molecule has 1 N–H and O–H groups in total. The number of benzene rings is 1. The highest BCUT2D eigenvalue weighted by atomic mass is 16.5. The van der Waals surface area contributed by atoms with Crippen molar-refractivity contribution in [3.63, 3.8) is 0 Å². The van der Waals surface area contributed by atoms with Crippen LogP contribution in [0.3, 0.4) is 0 Å². The fourth-order valence-electron chi connectivity index (χ4n) is 2.25. The van der Waals surface area contributed by atoms with Gasteiger partial charge in [0.05, 0.1) is 13.7 Å². The number of guanidine groups is 1. The van der Waals surface area contributed by atoms with Crippen molar-refractivity contribution in [1.82, 2.24) is 10.2 Å². The molecule has 0 atom stereocenters. The molecule has 0 radical (unpaired) electrons. The second-order valence-electron chi connectivity index (χ2n) is 5.58. The van der Waals surface area contributed by atoms with E-state index in [1.165, 1.54) is 0 Å². The number of hydrogen-bond donors (Lipinski definition) is 1. The first-order valence-electron chi connectivity index (χ1n) is 8.44. The summed E-state index contributed by atoms with van der Waals surface area (Å²) in [6.45, 7) is 6.91. The Morgan fingerprint density at radius 2 is 2.04 bits per heavy atom. The van der Waals surface area contributed by atoms with Crippen molar-refractivity contribution in [3.05, 3.63) is 42.5 Å². The van der Waals surface area contributed by atoms with E-state index in [1.807, 2.05) is 37.4 Å². The Morgan fingerprint density at radius 1 is 1.29 bits per heavy atom. The van der Waals surface area contributed by atoms with Crippen LogP contribution in [0.4, 0.5) is 0 Å². The predicted octanol–water partition coefficient (Wildman–Crippen LogP) is 3.08. The molecule has 0 aliphatic rings. The van der Waals surface area contributed by atoms with Crippen molar-refractivity contribution in [2.45, 2.75) is 25.9 Å². The van der Waals surface area contributed by atoms with Gasteiger partial charge in [-0.05, 0) is 37.0 Å². The molecule has 0 aliphatic heterocycles. The van der Waals surface area contributed by atoms with Gasteiger partial charge in [0.25, 0.3) is 0 Å². The molecular formula is C19H31N3O2. The lowest BCUT2D eigenvalue weighted by Crippen LogP contribution is -2.40. The van der Waals surface area contributed by atoms with Crippen molar-refractivity contribution in [1.29, 1.82) is 0 Å². The van der Waals surface area contributed by atoms with Gasteiger partial charge >= 0.3 is 0 Å². The maximum absolute atomic E-state index is 5.70. The number of aliphatic imine (C=N–C) groups is 1. The monoisotopic (exact) mass is 333 g/mol. The summed E-state index contributed by atoms with van der Waals surface area (Å²) >= 11 is 0. The van der Waals surface area contributed by atoms with Gasteiger partial charge in [-0.1, -0.05) is 18.2 Å². The fraction of sp³-hybridized carbons (Fsp3) is 0.526. The summed E-state index contributed by atoms with van der Waals surface area (Å²) in [5.41, 5.74) is 1.15. The van der Waals surface area contributed by atoms with E-state index < -0.39 is 0 Å². The summed E-state index contributed by atoms with van der Waals surface area (Å²) in [5, 5.41) is 3.36. The molecule has 1 aromatic carbocycles. The molecule has 0 amide bonds. The zero-order chi connectivity index (χ0) is 17.6. The summed E-state index contributed by atoms with van der Waals surface area (Å²) in [4.78, 5) is 6.44. The third kappa shape index (κ3) is 8.02. The number of ether oxygens (including phenoxy) is 2. The average Bonchev–Trinajstić information content (AvgIpc) is 2.61. The Labute approximate surface area is 146 Å². The lowest BCUT2D eigenvalue weighted by Gasteiger charge is -2.21. The highest BCUT2D eigenvalue weighted by molar-refractivity contribution is 5.79. The van der Waals surface area contributed by atoms with Crippen molar-refractivity contribution in [2.24, 2.45) is 4.99 Å². The first-order valence-corrected chi connectivity index (χ1v) is 8.44. The Morgan fingerprint density at radius 3 is 2.67 bits per heavy atom. The second-order valence-corrected chi connectivity index (χ2v) is 5.58. The van der Waals surface area contributed by atoms with Crippen LogP contribution in [0.5, 0.6) is 5.75 Å². The molecule has 0 aliphatic carbocycles. The van der Waals surface area contributed by atoms with Gasteiger partial charge in [0, 0.05) is 33.8 Å². The zero-order valence-corrected chi connectivity index (χ0v) is 15.3. The molecule has 0 saturated heterocycles. The highest BCUT2D eigenvalue weighted by Gasteiger charge is 2.04. The third-order valence-electron chi connectivity index (χ3n) is 3.65. The van der Waals surface area contributed by atoms with Gasteiger partial charge in [-0.25, -0.2) is 0 Å². The summed E-state index contributed by atoms with van der Waals surface area (Å²) in [6, 6.07) is 7.95. The molecule has 5 heteroatoms. The molecule has 0 spiro atoms. The van der Waals surface area contributed by atoms with Crippen LogP contribution in [0.2, 0.25) is 0 Å². The second kappa shape index (κ2) is 12.4. The molecule has 0 aromatic heterocycles. The quantitative estimate of drug-likeness (QED) is 0.293. The van der Waals surface area contributed by atoms with Crippen LogP contribution in [-0.4, -0.2) is 51.8 Å². The SMILES string of the molecule is C=CCCCN(C)C(=NC)NCCCOCc1ccc(OC)cc1. The van der Waals surface area contributed by atoms with Crippen LogP contribution in [-0.2, 0) is 11.3 Å². The number of unbranched alkanes of at least 4 members (excludes halogenated alkanes) is 1. The molecule has 134 valence electrons. The summed E-state index contributed by atoms with van der Waals surface area (Å²) in [7, 11) is 5.54. The van der Waals surface area contributed by atoms with Crippen molar-refractivity contribution in [3.8, 4) is 5.75 Å². The van der Waals surface area contributed by atoms with E-state index in [0.717, 1.165) is 56.2 Å². The molecular weight excluding hydrogens is 302 g/mol. The number of nitrogens with one attached hydrogen (secondary N) is 1. The predicted molar refractivity (Wildman–Crippen MR) is 101 cm³/mol. The van der Waals surface area contributed by atoms with Crippen LogP contribution in [0.25, 0.3) is 0 Å². The van der Waals surface area contributed by atoms with E-state index >= 15 is 0 Å². The Kier molecular flexibility index (Phi) is 10.4. The molecule has 1 rings (SSSR count). The van der Waals surface area contributed by atoms with E-state index in [4.69, 9.17) is 9.47 Å². The number of methoxy groups -OCH3 is 1. The smallest absolute Gasteiger partial charge is 0.193 e. The lowest BCUT2D eigenvalue weighted by molar-refractivity contribution is 0.119. The fourth-order valence-corrected chi connectivity index (χ4v) is 2.25. The first kappa shape index (κ1) is 20.0. The number of rotatable bonds is 11. The van der Waals surface area contributed by atoms with E-state index in [0.29, 0.717) is 6.61 Å². The van der Waals surface area contributed by atoms with E-state index in [-0.39, 0.29) is 0 Å². The van der Waals surface area contributed by atoms with Gasteiger partial charge in [0.1, 0.15) is 5.75 Å². The van der Waals surface area contributed by atoms with Crippen LogP contribution in [0.15, 0.2) is 41.9 Å². The maximum atomic E-state index is 5.70. The molecule has 0 unspecified atom stereocenters. The minimum Gasteiger partial charge on any atom is -0.497 e. The zero-order valence-electron chi connectivity index (χ0n) is 15.3. The largest absolute Gasteiger partial charge is 0.497 e. The summed E-state index contributed by atoms with van der Waals surface area (Å²) in [6.07, 6.45) is 5.01. The molecule has 0 bridgehead atoms. The highest BCUT2D eigenvalue weighted by Crippen LogP contribution is 2.11. The molecule has 24 heavy (non-hydrogen) atoms. The Balaban J connectivity index is 2.14. The van der Waals surface area contributed by atoms with E-state index in [1.54, 1.807) is 7.11 Å². The minimum atomic E-state index is 0.625. The van der Waals surface area contributed by atoms with Gasteiger partial charge < -0.3 is 19.7 Å². The molecule has 5 nitrogen and oxygen atoms in total. The van der Waals surface area contributed by atoms with Crippen LogP contribution < -0.4 is 10.1 Å². The minimum absolute atomic E-state index is 0.625. The Hall–Kier alpha value is -2.01. The number of nitrogens with zero attached hydrogens (tertiary/aromatic N) is 2. The van der Waals surface area contributed by atoms with Crippen LogP contribution in [0.1, 0.15) is 24.8 Å². The van der Waals surface area contributed by atoms with E-state index in [9.17, 15) is 0 Å². The lowest BCUT2D eigenvalue weighted by atomic mass is 10.2. The van der Waals surface area contributed by atoms with Crippen molar-refractivity contribution >= 4 is 5.96 Å². The summed E-state index contributed by atoms with van der Waals surface area (Å²) in [5.74, 6) is 1.79. The van der Waals surface area contributed by atoms with Crippen LogP contribution in [0, 0.1) is 0 Å². The normalized spacial score (nSPS) is 11.2. The van der Waals surface area contributed by atoms with Gasteiger partial charge in [0.2, 0.25) is 0 Å². The molecule has 0 heterocycles. The van der Waals surface area contributed by atoms with Crippen molar-refractivity contribution < 1.29 is 9.47 Å². The number of allylic oxidation sites excluding steroid dienone is 1. The first-order chi connectivity index (χ1) is 11.7. The molecule has 1 aromatic rings. The third-order valence-corrected chi connectivity index (χ3v) is 3.65. The average molecular weight is 333 g/mol. The topological polar surface area (TPSA) is 46.1 Å². The van der Waals surface area contributed by atoms with Gasteiger partial charge in [-0.2, -0.15) is 0 Å². The van der Waals surface area contributed by atoms with Crippen LogP contribution >= 0.6 is 0 Å². The maximum Gasteiger partial charge on any atom is 0.193 e. The Bertz CT molecular complexity index is 486. The van der Waals surface area contributed by atoms with Gasteiger partial charge in [0.15, 0.2) is 5.96 Å². The molecule has 0 fully saturated rings. The van der Waals surface area contributed by atoms with Gasteiger partial charge in [-0.15, -0.1) is 6.58 Å². The standard InChI is InChI=1S/C19H31N3O2/c1-5-6-7-14-22(3)19(20-2)21-13-8-15-24-16-17-9-11-18(23-4)12-10-17/h5,9-12H,1,6-8,13-16H2,2-4H3,(H,20,21). The van der Waals surface area contributed by atoms with Gasteiger partial charge in [-0.3, -0.25) is 4.99 Å². The molecule has 0 saturated carbocycles. The van der Waals surface area contributed by atoms with Crippen molar-refractivity contribution in [2.75, 3.05) is 40.9 Å². The number of hydrogen-bond acceptors (Lipinski definition) is 3. The summed E-state index contributed by atoms with van der Waals surface area (Å²) < 4.78 is 10.8.